The van der Waals surface area contributed by atoms with Crippen LogP contribution in [0.2, 0.25) is 0 Å². The Balaban J connectivity index is 1.29. The normalized spacial score (nSPS) is 14.2. The molecule has 0 aliphatic carbocycles. The predicted octanol–water partition coefficient (Wildman–Crippen LogP) is 5.02. The van der Waals surface area contributed by atoms with Crippen LogP contribution in [-0.2, 0) is 17.4 Å². The van der Waals surface area contributed by atoms with Gasteiger partial charge in [-0.15, -0.1) is 0 Å². The molecule has 1 fully saturated rings. The van der Waals surface area contributed by atoms with Gasteiger partial charge in [0, 0.05) is 44.4 Å². The minimum atomic E-state index is -4.74. The smallest absolute Gasteiger partial charge is 0.382 e. The zero-order chi connectivity index (χ0) is 31.6. The zero-order valence-corrected chi connectivity index (χ0v) is 23.6. The van der Waals surface area contributed by atoms with Gasteiger partial charge in [0.2, 0.25) is 5.91 Å². The number of nitrogens with zero attached hydrogens (tertiary/aromatic N) is 5. The van der Waals surface area contributed by atoms with Gasteiger partial charge in [0.25, 0.3) is 0 Å². The predicted molar refractivity (Wildman–Crippen MR) is 154 cm³/mol. The molecule has 2 aromatic carbocycles. The fourth-order valence-electron chi connectivity index (χ4n) is 5.16. The molecule has 0 bridgehead atoms. The maximum Gasteiger partial charge on any atom is 0.416 e. The van der Waals surface area contributed by atoms with Gasteiger partial charge in [0.15, 0.2) is 5.82 Å². The van der Waals surface area contributed by atoms with Crippen molar-refractivity contribution < 1.29 is 31.5 Å². The molecule has 0 radical (unpaired) electrons. The number of halogens is 5. The maximum atomic E-state index is 15.2. The summed E-state index contributed by atoms with van der Waals surface area (Å²) in [5.74, 6) is -1.67. The molecule has 44 heavy (non-hydrogen) atoms. The van der Waals surface area contributed by atoms with E-state index in [4.69, 9.17) is 5.73 Å². The topological polar surface area (TPSA) is 121 Å². The molecule has 3 amide bonds. The molecule has 4 aromatic rings. The van der Waals surface area contributed by atoms with Crippen LogP contribution in [-0.4, -0.2) is 69.1 Å². The first-order chi connectivity index (χ1) is 20.9. The van der Waals surface area contributed by atoms with E-state index < -0.39 is 35.1 Å². The fourth-order valence-corrected chi connectivity index (χ4v) is 5.16. The number of carbonyl (C=O) groups is 2. The van der Waals surface area contributed by atoms with Gasteiger partial charge in [-0.25, -0.2) is 23.1 Å². The van der Waals surface area contributed by atoms with Crippen molar-refractivity contribution in [2.24, 2.45) is 0 Å². The van der Waals surface area contributed by atoms with Gasteiger partial charge >= 0.3 is 12.2 Å². The van der Waals surface area contributed by atoms with Gasteiger partial charge in [-0.2, -0.15) is 18.3 Å². The number of alkyl halides is 3. The SMILES string of the molecule is CC(=O)N1CCN(CCCc2cc(-c3ccc(NC(=O)Nc4cc(C(F)(F)F)ccc4F)c(F)c3)c3c(N)ncnn23)CC1. The second-order valence-corrected chi connectivity index (χ2v) is 10.4. The molecule has 232 valence electrons. The van der Waals surface area contributed by atoms with Crippen molar-refractivity contribution in [3.63, 3.8) is 0 Å². The summed E-state index contributed by atoms with van der Waals surface area (Å²) in [6.45, 7) is 5.35. The van der Waals surface area contributed by atoms with Gasteiger partial charge in [0.05, 0.1) is 16.9 Å². The van der Waals surface area contributed by atoms with Crippen molar-refractivity contribution >= 4 is 34.6 Å². The van der Waals surface area contributed by atoms with Crippen molar-refractivity contribution in [2.45, 2.75) is 25.9 Å². The number of rotatable bonds is 7. The number of benzene rings is 2. The van der Waals surface area contributed by atoms with Crippen molar-refractivity contribution in [1.82, 2.24) is 24.4 Å². The number of hydrogen-bond donors (Lipinski definition) is 3. The van der Waals surface area contributed by atoms with Crippen LogP contribution in [0.5, 0.6) is 0 Å². The van der Waals surface area contributed by atoms with E-state index in [1.54, 1.807) is 11.4 Å². The standard InChI is InChI=1S/C29H29F5N8O2/c1-17(43)41-11-9-40(10-12-41)8-2-3-20-15-21(26-27(35)36-16-37-42(20)26)18-4-7-24(23(31)13-18)38-28(44)39-25-14-19(29(32,33)34)5-6-22(25)30/h4-7,13-16H,2-3,8-12H2,1H3,(H2,35,36,37)(H2,38,39,44). The van der Waals surface area contributed by atoms with Crippen LogP contribution in [0.15, 0.2) is 48.8 Å². The Morgan fingerprint density at radius 2 is 1.68 bits per heavy atom. The first kappa shape index (κ1) is 30.7. The Bertz CT molecular complexity index is 1700. The molecular formula is C29H29F5N8O2. The molecule has 1 aliphatic rings. The summed E-state index contributed by atoms with van der Waals surface area (Å²) in [6.07, 6.45) is -1.98. The molecule has 0 unspecified atom stereocenters. The number of nitrogens with one attached hydrogen (secondary N) is 2. The van der Waals surface area contributed by atoms with E-state index >= 15 is 4.39 Å². The minimum absolute atomic E-state index is 0.0724. The van der Waals surface area contributed by atoms with Gasteiger partial charge < -0.3 is 21.3 Å². The number of piperazine rings is 1. The lowest BCUT2D eigenvalue weighted by atomic mass is 10.1. The molecule has 0 spiro atoms. The summed E-state index contributed by atoms with van der Waals surface area (Å²) in [7, 11) is 0. The van der Waals surface area contributed by atoms with E-state index in [1.807, 2.05) is 16.3 Å². The molecule has 0 saturated carbocycles. The molecule has 2 aromatic heterocycles. The number of hydrogen-bond acceptors (Lipinski definition) is 6. The number of anilines is 3. The summed E-state index contributed by atoms with van der Waals surface area (Å²) in [5.41, 5.74) is 6.32. The van der Waals surface area contributed by atoms with Gasteiger partial charge in [-0.1, -0.05) is 6.07 Å². The van der Waals surface area contributed by atoms with E-state index in [9.17, 15) is 27.2 Å². The highest BCUT2D eigenvalue weighted by Gasteiger charge is 2.31. The lowest BCUT2D eigenvalue weighted by molar-refractivity contribution is -0.137. The van der Waals surface area contributed by atoms with Crippen LogP contribution >= 0.6 is 0 Å². The van der Waals surface area contributed by atoms with Crippen LogP contribution < -0.4 is 16.4 Å². The first-order valence-corrected chi connectivity index (χ1v) is 13.7. The van der Waals surface area contributed by atoms with E-state index in [-0.39, 0.29) is 17.4 Å². The summed E-state index contributed by atoms with van der Waals surface area (Å²) >= 11 is 0. The van der Waals surface area contributed by atoms with Crippen molar-refractivity contribution in [3.05, 3.63) is 71.7 Å². The minimum Gasteiger partial charge on any atom is -0.382 e. The molecule has 1 aliphatic heterocycles. The second kappa shape index (κ2) is 12.4. The highest BCUT2D eigenvalue weighted by atomic mass is 19.4. The number of nitrogen functional groups attached to an aromatic ring is 1. The average molecular weight is 617 g/mol. The van der Waals surface area contributed by atoms with Crippen molar-refractivity contribution in [3.8, 4) is 11.1 Å². The highest BCUT2D eigenvalue weighted by Crippen LogP contribution is 2.34. The number of amides is 3. The van der Waals surface area contributed by atoms with Crippen molar-refractivity contribution in [2.75, 3.05) is 49.1 Å². The van der Waals surface area contributed by atoms with Gasteiger partial charge in [-0.05, 0) is 61.3 Å². The number of carbonyl (C=O) groups excluding carboxylic acids is 2. The third-order valence-corrected chi connectivity index (χ3v) is 7.45. The third-order valence-electron chi connectivity index (χ3n) is 7.45. The Labute approximate surface area is 248 Å². The Hall–Kier alpha value is -4.79. The van der Waals surface area contributed by atoms with Crippen LogP contribution in [0, 0.1) is 11.6 Å². The van der Waals surface area contributed by atoms with Crippen LogP contribution in [0.1, 0.15) is 24.6 Å². The van der Waals surface area contributed by atoms with Crippen LogP contribution in [0.25, 0.3) is 16.6 Å². The number of nitrogens with two attached hydrogens (primary N) is 1. The average Bonchev–Trinajstić information content (AvgIpc) is 3.35. The molecule has 0 atom stereocenters. The lowest BCUT2D eigenvalue weighted by Gasteiger charge is -2.34. The molecule has 15 heteroatoms. The quantitative estimate of drug-likeness (QED) is 0.251. The largest absolute Gasteiger partial charge is 0.416 e. The highest BCUT2D eigenvalue weighted by molar-refractivity contribution is 6.00. The van der Waals surface area contributed by atoms with Crippen LogP contribution in [0.4, 0.5) is 43.9 Å². The number of urea groups is 1. The number of aromatic nitrogens is 3. The van der Waals surface area contributed by atoms with E-state index in [0.29, 0.717) is 54.4 Å². The van der Waals surface area contributed by atoms with Crippen molar-refractivity contribution in [1.29, 1.82) is 0 Å². The Kier molecular flexibility index (Phi) is 8.67. The number of aryl methyl sites for hydroxylation is 1. The summed E-state index contributed by atoms with van der Waals surface area (Å²) in [4.78, 5) is 32.2. The van der Waals surface area contributed by atoms with Crippen LogP contribution in [0.3, 0.4) is 0 Å². The Morgan fingerprint density at radius 1 is 0.955 bits per heavy atom. The molecule has 4 N–H and O–H groups in total. The maximum absolute atomic E-state index is 15.2. The molecular weight excluding hydrogens is 587 g/mol. The van der Waals surface area contributed by atoms with E-state index in [1.165, 1.54) is 24.5 Å². The van der Waals surface area contributed by atoms with E-state index in [2.05, 4.69) is 20.3 Å². The molecule has 3 heterocycles. The number of fused-ring (bicyclic) bond motifs is 1. The molecule has 1 saturated heterocycles. The molecule has 5 rings (SSSR count). The summed E-state index contributed by atoms with van der Waals surface area (Å²) in [6, 6.07) is 6.26. The van der Waals surface area contributed by atoms with E-state index in [0.717, 1.165) is 31.7 Å². The summed E-state index contributed by atoms with van der Waals surface area (Å²) < 4.78 is 69.8. The van der Waals surface area contributed by atoms with Gasteiger partial charge in [-0.3, -0.25) is 9.69 Å². The summed E-state index contributed by atoms with van der Waals surface area (Å²) in [5, 5.41) is 8.51. The Morgan fingerprint density at radius 3 is 2.36 bits per heavy atom. The monoisotopic (exact) mass is 616 g/mol. The third kappa shape index (κ3) is 6.72. The zero-order valence-electron chi connectivity index (χ0n) is 23.6. The fraction of sp³-hybridized carbons (Fsp3) is 0.310. The molecule has 10 nitrogen and oxygen atoms in total. The second-order valence-electron chi connectivity index (χ2n) is 10.4. The lowest BCUT2D eigenvalue weighted by Crippen LogP contribution is -2.48. The first-order valence-electron chi connectivity index (χ1n) is 13.7. The van der Waals surface area contributed by atoms with Gasteiger partial charge in [0.1, 0.15) is 23.5 Å².